The van der Waals surface area contributed by atoms with E-state index in [1.54, 1.807) is 30.3 Å². The van der Waals surface area contributed by atoms with Gasteiger partial charge in [0.2, 0.25) is 11.8 Å². The van der Waals surface area contributed by atoms with Crippen molar-refractivity contribution in [2.45, 2.75) is 28.5 Å². The lowest BCUT2D eigenvalue weighted by Crippen LogP contribution is -2.60. The molecule has 0 unspecified atom stereocenters. The summed E-state index contributed by atoms with van der Waals surface area (Å²) >= 11 is 16.6. The van der Waals surface area contributed by atoms with Crippen LogP contribution in [-0.4, -0.2) is 38.5 Å². The van der Waals surface area contributed by atoms with Crippen LogP contribution in [0.25, 0.3) is 0 Å². The van der Waals surface area contributed by atoms with E-state index < -0.39 is 74.4 Å². The Morgan fingerprint density at radius 1 is 0.818 bits per heavy atom. The number of carbonyl (C=O) groups is 4. The Kier molecular flexibility index (Phi) is 6.73. The Hall–Kier alpha value is -3.35. The predicted molar refractivity (Wildman–Crippen MR) is 166 cm³/mol. The van der Waals surface area contributed by atoms with Crippen molar-refractivity contribution in [1.29, 1.82) is 0 Å². The van der Waals surface area contributed by atoms with E-state index in [0.717, 1.165) is 31.6 Å². The first-order chi connectivity index (χ1) is 20.9. The van der Waals surface area contributed by atoms with Crippen LogP contribution in [0.4, 0.5) is 20.2 Å². The van der Waals surface area contributed by atoms with E-state index in [-0.39, 0.29) is 24.1 Å². The summed E-state index contributed by atoms with van der Waals surface area (Å²) in [6.07, 6.45) is 1.52. The monoisotopic (exact) mass is 748 g/mol. The highest BCUT2D eigenvalue weighted by molar-refractivity contribution is 14.1. The number of phenolic OH excluding ortho intramolecular Hbond substituents is 1. The van der Waals surface area contributed by atoms with Gasteiger partial charge in [-0.25, -0.2) is 13.7 Å². The Bertz CT molecular complexity index is 1820. The number of benzene rings is 3. The molecule has 1 saturated carbocycles. The number of anilines is 2. The molecule has 0 aromatic heterocycles. The van der Waals surface area contributed by atoms with E-state index in [9.17, 15) is 33.1 Å². The van der Waals surface area contributed by atoms with E-state index in [0.29, 0.717) is 11.3 Å². The summed E-state index contributed by atoms with van der Waals surface area (Å²) in [6.45, 7) is 0. The predicted octanol–water partition coefficient (Wildman–Crippen LogP) is 6.04. The van der Waals surface area contributed by atoms with Crippen LogP contribution in [0.3, 0.4) is 0 Å². The standard InChI is InChI=1S/C32H21Cl2F2IN2O5/c33-31-14-22-19(12-13-20-24(22)28(42)38(27(20)41)17-10-6-16(37)7-11-17)25(21-2-1-3-23(36)26(21)40)32(31,34)30(44)39(29(31)43)18-8-4-15(35)5-9-18/h1-12,20,22,24-25,40H,13-14H2/t20-,22+,24-,25+,31+,32-/m0/s1. The van der Waals surface area contributed by atoms with Gasteiger partial charge in [-0.05, 0) is 95.9 Å². The summed E-state index contributed by atoms with van der Waals surface area (Å²) in [5.41, 5.74) is 0.734. The lowest BCUT2D eigenvalue weighted by molar-refractivity contribution is -0.125. The Morgan fingerprint density at radius 3 is 2.14 bits per heavy atom. The van der Waals surface area contributed by atoms with Crippen molar-refractivity contribution in [2.24, 2.45) is 17.8 Å². The van der Waals surface area contributed by atoms with Gasteiger partial charge in [0.05, 0.1) is 23.2 Å². The number of halogens is 5. The Balaban J connectivity index is 1.41. The zero-order valence-electron chi connectivity index (χ0n) is 22.5. The molecule has 0 bridgehead atoms. The summed E-state index contributed by atoms with van der Waals surface area (Å²) in [4.78, 5) is 53.7. The van der Waals surface area contributed by atoms with Crippen LogP contribution >= 0.6 is 45.8 Å². The number of alkyl halides is 2. The van der Waals surface area contributed by atoms with Gasteiger partial charge < -0.3 is 5.11 Å². The third kappa shape index (κ3) is 3.83. The third-order valence-electron chi connectivity index (χ3n) is 9.31. The number of fused-ring (bicyclic) bond motifs is 4. The molecule has 3 fully saturated rings. The van der Waals surface area contributed by atoms with Crippen LogP contribution in [0.15, 0.2) is 78.4 Å². The van der Waals surface area contributed by atoms with Crippen LogP contribution in [0.1, 0.15) is 24.3 Å². The minimum absolute atomic E-state index is 0.0184. The molecule has 7 nitrogen and oxygen atoms in total. The molecule has 7 rings (SSSR count). The van der Waals surface area contributed by atoms with Gasteiger partial charge in [0, 0.05) is 15.1 Å². The topological polar surface area (TPSA) is 95.0 Å². The molecule has 4 amide bonds. The van der Waals surface area contributed by atoms with Crippen molar-refractivity contribution >= 4 is 80.8 Å². The zero-order valence-corrected chi connectivity index (χ0v) is 26.2. The smallest absolute Gasteiger partial charge is 0.258 e. The van der Waals surface area contributed by atoms with Crippen molar-refractivity contribution in [3.63, 3.8) is 0 Å². The van der Waals surface area contributed by atoms with Gasteiger partial charge in [-0.3, -0.25) is 24.1 Å². The Morgan fingerprint density at radius 2 is 1.45 bits per heavy atom. The maximum absolute atomic E-state index is 14.8. The number of hydrogen-bond acceptors (Lipinski definition) is 5. The fourth-order valence-electron chi connectivity index (χ4n) is 7.35. The van der Waals surface area contributed by atoms with Gasteiger partial charge in [-0.2, -0.15) is 0 Å². The third-order valence-corrected chi connectivity index (χ3v) is 11.4. The highest BCUT2D eigenvalue weighted by Gasteiger charge is 2.77. The van der Waals surface area contributed by atoms with Crippen molar-refractivity contribution in [3.8, 4) is 5.75 Å². The molecule has 3 aromatic carbocycles. The number of imide groups is 2. The molecule has 0 radical (unpaired) electrons. The van der Waals surface area contributed by atoms with Crippen LogP contribution in [-0.2, 0) is 19.2 Å². The molecule has 1 N–H and O–H groups in total. The second-order valence-corrected chi connectivity index (χ2v) is 13.9. The number of para-hydroxylation sites is 1. The zero-order chi connectivity index (χ0) is 31.3. The van der Waals surface area contributed by atoms with Gasteiger partial charge in [0.25, 0.3) is 11.8 Å². The Labute approximate surface area is 273 Å². The van der Waals surface area contributed by atoms with Crippen molar-refractivity contribution in [2.75, 3.05) is 9.80 Å². The quantitative estimate of drug-likeness (QED) is 0.153. The van der Waals surface area contributed by atoms with Gasteiger partial charge >= 0.3 is 0 Å². The second-order valence-electron chi connectivity index (χ2n) is 11.4. The minimum Gasteiger partial charge on any atom is -0.505 e. The summed E-state index contributed by atoms with van der Waals surface area (Å²) in [6, 6.07) is 15.3. The first-order valence-electron chi connectivity index (χ1n) is 13.7. The SMILES string of the molecule is O=C1[C@H]2[C@H](CC=C3[C@H]2C[C@@]2(Cl)C(=O)N(c4ccc(F)cc4)C(=O)[C@@]2(Cl)[C@H]3c2cccc(F)c2O)C(=O)N1c1ccc(I)cc1. The summed E-state index contributed by atoms with van der Waals surface area (Å²) in [5, 5.41) is 10.9. The van der Waals surface area contributed by atoms with Gasteiger partial charge in [0.1, 0.15) is 5.82 Å². The molecule has 2 saturated heterocycles. The molecule has 224 valence electrons. The number of aromatic hydroxyl groups is 1. The molecule has 12 heteroatoms. The number of rotatable bonds is 3. The van der Waals surface area contributed by atoms with Gasteiger partial charge in [-0.1, -0.05) is 23.8 Å². The first kappa shape index (κ1) is 29.4. The molecular formula is C32H21Cl2F2IN2O5. The van der Waals surface area contributed by atoms with E-state index in [4.69, 9.17) is 23.2 Å². The molecule has 2 heterocycles. The lowest BCUT2D eigenvalue weighted by Gasteiger charge is -2.50. The number of hydrogen-bond donors (Lipinski definition) is 1. The average Bonchev–Trinajstić information content (AvgIpc) is 3.34. The van der Waals surface area contributed by atoms with Crippen LogP contribution < -0.4 is 9.80 Å². The molecule has 4 aliphatic rings. The summed E-state index contributed by atoms with van der Waals surface area (Å²) in [5.74, 6) is -9.05. The number of allylic oxidation sites excluding steroid dienone is 2. The molecule has 6 atom stereocenters. The van der Waals surface area contributed by atoms with Gasteiger partial charge in [0.15, 0.2) is 21.3 Å². The number of nitrogens with zero attached hydrogens (tertiary/aromatic N) is 2. The lowest BCUT2D eigenvalue weighted by atomic mass is 9.56. The van der Waals surface area contributed by atoms with E-state index in [1.165, 1.54) is 24.3 Å². The number of carbonyl (C=O) groups excluding carboxylic acids is 4. The second kappa shape index (κ2) is 10.1. The van der Waals surface area contributed by atoms with Crippen molar-refractivity contribution in [1.82, 2.24) is 0 Å². The van der Waals surface area contributed by atoms with Crippen LogP contribution in [0.2, 0.25) is 0 Å². The average molecular weight is 749 g/mol. The van der Waals surface area contributed by atoms with Gasteiger partial charge in [-0.15, -0.1) is 23.2 Å². The highest BCUT2D eigenvalue weighted by atomic mass is 127. The largest absolute Gasteiger partial charge is 0.505 e. The maximum atomic E-state index is 14.8. The summed E-state index contributed by atoms with van der Waals surface area (Å²) in [7, 11) is 0. The fraction of sp³-hybridized carbons (Fsp3) is 0.250. The molecule has 2 aliphatic carbocycles. The molecule has 44 heavy (non-hydrogen) atoms. The fourth-order valence-corrected chi connectivity index (χ4v) is 8.64. The normalized spacial score (nSPS) is 31.2. The molecule has 3 aromatic rings. The molecule has 0 spiro atoms. The first-order valence-corrected chi connectivity index (χ1v) is 15.6. The van der Waals surface area contributed by atoms with Crippen molar-refractivity contribution < 1.29 is 33.1 Å². The van der Waals surface area contributed by atoms with E-state index in [1.807, 2.05) is 0 Å². The van der Waals surface area contributed by atoms with E-state index >= 15 is 0 Å². The van der Waals surface area contributed by atoms with Crippen LogP contribution in [0, 0.1) is 33.0 Å². The van der Waals surface area contributed by atoms with Crippen LogP contribution in [0.5, 0.6) is 5.75 Å². The maximum Gasteiger partial charge on any atom is 0.258 e. The molecular weight excluding hydrogens is 728 g/mol. The van der Waals surface area contributed by atoms with Crippen molar-refractivity contribution in [3.05, 3.63) is 99.1 Å². The number of phenols is 1. The number of amides is 4. The summed E-state index contributed by atoms with van der Waals surface area (Å²) < 4.78 is 29.5. The van der Waals surface area contributed by atoms with E-state index in [2.05, 4.69) is 22.6 Å². The minimum atomic E-state index is -2.28. The molecule has 2 aliphatic heterocycles. The highest BCUT2D eigenvalue weighted by Crippen LogP contribution is 2.66.